The molecule has 0 amide bonds. The fourth-order valence-electron chi connectivity index (χ4n) is 3.95. The minimum atomic E-state index is -4.48. The highest BCUT2D eigenvalue weighted by atomic mass is 19.4. The van der Waals surface area contributed by atoms with Gasteiger partial charge >= 0.3 is 12.4 Å². The molecule has 0 atom stereocenters. The van der Waals surface area contributed by atoms with Crippen LogP contribution in [0.3, 0.4) is 0 Å². The molecule has 0 saturated heterocycles. The second kappa shape index (κ2) is 7.25. The number of fused-ring (bicyclic) bond motifs is 1. The predicted octanol–water partition coefficient (Wildman–Crippen LogP) is 4.17. The van der Waals surface area contributed by atoms with Crippen molar-refractivity contribution in [2.24, 2.45) is 0 Å². The fraction of sp³-hybridized carbons (Fsp3) is 0.364. The lowest BCUT2D eigenvalue weighted by Gasteiger charge is -2.34. The first-order valence-corrected chi connectivity index (χ1v) is 9.86. The number of allylic oxidation sites excluding steroid dienone is 1. The standard InChI is InChI=1S/C22H20F6N4/c1-12-9-18-16(11-32(12)20(7-8-20)22(26,27)28)19(31-14(3)30-18)29-10-15-5-4-6-17(13(15)2)21(23,24)25/h4-6,9,11H,1,7-8,10H2,2-3H3,(H,29,30,31). The highest BCUT2D eigenvalue weighted by molar-refractivity contribution is 5.58. The molecule has 32 heavy (non-hydrogen) atoms. The molecule has 0 radical (unpaired) electrons. The maximum absolute atomic E-state index is 13.7. The molecule has 4 nitrogen and oxygen atoms in total. The Labute approximate surface area is 180 Å². The number of nitrogens with zero attached hydrogens (tertiary/aromatic N) is 3. The number of benzene rings is 1. The normalized spacial score (nSPS) is 17.4. The molecule has 4 rings (SSSR count). The molecule has 2 aromatic rings. The molecule has 1 aromatic carbocycles. The van der Waals surface area contributed by atoms with Crippen LogP contribution in [0.2, 0.25) is 0 Å². The quantitative estimate of drug-likeness (QED) is 0.705. The predicted molar refractivity (Wildman–Crippen MR) is 107 cm³/mol. The van der Waals surface area contributed by atoms with Crippen molar-refractivity contribution in [1.29, 1.82) is 0 Å². The number of alkyl halides is 6. The zero-order valence-corrected chi connectivity index (χ0v) is 17.3. The number of nitrogens with one attached hydrogen (secondary N) is 1. The van der Waals surface area contributed by atoms with Crippen molar-refractivity contribution in [3.05, 3.63) is 63.6 Å². The number of aryl methyl sites for hydroxylation is 1. The van der Waals surface area contributed by atoms with Crippen molar-refractivity contribution in [2.75, 3.05) is 5.32 Å². The molecular formula is C22H20F6N4. The fourth-order valence-corrected chi connectivity index (χ4v) is 3.95. The Morgan fingerprint density at radius 3 is 2.38 bits per heavy atom. The van der Waals surface area contributed by atoms with E-state index in [1.165, 1.54) is 25.3 Å². The van der Waals surface area contributed by atoms with E-state index in [0.29, 0.717) is 22.0 Å². The monoisotopic (exact) mass is 454 g/mol. The van der Waals surface area contributed by atoms with E-state index in [1.807, 2.05) is 0 Å². The average molecular weight is 454 g/mol. The van der Waals surface area contributed by atoms with Crippen molar-refractivity contribution in [3.63, 3.8) is 0 Å². The van der Waals surface area contributed by atoms with Crippen LogP contribution < -0.4 is 15.9 Å². The molecular weight excluding hydrogens is 434 g/mol. The largest absolute Gasteiger partial charge is 0.416 e. The van der Waals surface area contributed by atoms with Gasteiger partial charge in [-0.1, -0.05) is 18.7 Å². The molecule has 1 N–H and O–H groups in total. The van der Waals surface area contributed by atoms with Crippen LogP contribution in [0.1, 0.15) is 35.4 Å². The Bertz CT molecular complexity index is 1210. The third-order valence-corrected chi connectivity index (χ3v) is 5.87. The zero-order valence-electron chi connectivity index (χ0n) is 17.3. The van der Waals surface area contributed by atoms with Crippen LogP contribution in [-0.4, -0.2) is 26.6 Å². The van der Waals surface area contributed by atoms with Gasteiger partial charge in [0.05, 0.1) is 16.1 Å². The maximum Gasteiger partial charge on any atom is 0.416 e. The van der Waals surface area contributed by atoms with Gasteiger partial charge in [-0.3, -0.25) is 0 Å². The van der Waals surface area contributed by atoms with E-state index in [0.717, 1.165) is 11.0 Å². The topological polar surface area (TPSA) is 41.1 Å². The lowest BCUT2D eigenvalue weighted by Crippen LogP contribution is -2.49. The molecule has 2 heterocycles. The Morgan fingerprint density at radius 1 is 1.09 bits per heavy atom. The second-order valence-corrected chi connectivity index (χ2v) is 8.02. The molecule has 1 aromatic heterocycles. The first kappa shape index (κ1) is 22.2. The van der Waals surface area contributed by atoms with Gasteiger partial charge in [0.2, 0.25) is 0 Å². The zero-order chi connectivity index (χ0) is 23.5. The van der Waals surface area contributed by atoms with Gasteiger partial charge in [0.25, 0.3) is 0 Å². The van der Waals surface area contributed by atoms with Gasteiger partial charge < -0.3 is 10.2 Å². The van der Waals surface area contributed by atoms with Gasteiger partial charge in [-0.05, 0) is 50.0 Å². The Hall–Kier alpha value is -3.04. The lowest BCUT2D eigenvalue weighted by molar-refractivity contribution is -0.181. The van der Waals surface area contributed by atoms with Crippen LogP contribution in [-0.2, 0) is 12.7 Å². The maximum atomic E-state index is 13.7. The van der Waals surface area contributed by atoms with Crippen molar-refractivity contribution in [3.8, 4) is 0 Å². The summed E-state index contributed by atoms with van der Waals surface area (Å²) in [6.07, 6.45) is -6.21. The van der Waals surface area contributed by atoms with Gasteiger partial charge in [-0.25, -0.2) is 9.97 Å². The molecule has 1 aliphatic carbocycles. The molecule has 170 valence electrons. The van der Waals surface area contributed by atoms with Gasteiger partial charge in [0.1, 0.15) is 17.2 Å². The van der Waals surface area contributed by atoms with Crippen LogP contribution in [0, 0.1) is 13.8 Å². The summed E-state index contributed by atoms with van der Waals surface area (Å²) in [7, 11) is 0. The summed E-state index contributed by atoms with van der Waals surface area (Å²) >= 11 is 0. The van der Waals surface area contributed by atoms with Gasteiger partial charge in [0.15, 0.2) is 0 Å². The van der Waals surface area contributed by atoms with E-state index in [4.69, 9.17) is 0 Å². The third kappa shape index (κ3) is 3.71. The highest BCUT2D eigenvalue weighted by Gasteiger charge is 2.67. The number of hydrogen-bond acceptors (Lipinski definition) is 4. The molecule has 0 bridgehead atoms. The Kier molecular flexibility index (Phi) is 5.02. The summed E-state index contributed by atoms with van der Waals surface area (Å²) in [6, 6.07) is 3.89. The van der Waals surface area contributed by atoms with E-state index in [9.17, 15) is 26.3 Å². The lowest BCUT2D eigenvalue weighted by atomic mass is 10.0. The highest BCUT2D eigenvalue weighted by Crippen LogP contribution is 2.55. The van der Waals surface area contributed by atoms with Crippen molar-refractivity contribution in [2.45, 2.75) is 51.1 Å². The van der Waals surface area contributed by atoms with Gasteiger partial charge in [-0.15, -0.1) is 0 Å². The SMILES string of the molecule is C=C1C=c2nc(C)nc(NCc3cccc(C(F)(F)F)c3C)c2=CN1C1(C(F)(F)F)CC1. The summed E-state index contributed by atoms with van der Waals surface area (Å²) in [4.78, 5) is 9.69. The molecule has 1 aliphatic heterocycles. The number of aromatic nitrogens is 2. The molecule has 2 aliphatic rings. The average Bonchev–Trinajstić information content (AvgIpc) is 3.47. The number of anilines is 1. The van der Waals surface area contributed by atoms with E-state index < -0.39 is 23.5 Å². The molecule has 0 spiro atoms. The summed E-state index contributed by atoms with van der Waals surface area (Å²) < 4.78 is 80.7. The van der Waals surface area contributed by atoms with Gasteiger partial charge in [0, 0.05) is 18.4 Å². The molecule has 0 unspecified atom stereocenters. The second-order valence-electron chi connectivity index (χ2n) is 8.02. The Balaban J connectivity index is 1.73. The molecule has 10 heteroatoms. The van der Waals surface area contributed by atoms with Crippen LogP contribution in [0.4, 0.5) is 32.2 Å². The minimum Gasteiger partial charge on any atom is -0.365 e. The minimum absolute atomic E-state index is 0.0118. The molecule has 1 saturated carbocycles. The summed E-state index contributed by atoms with van der Waals surface area (Å²) in [6.45, 7) is 6.78. The van der Waals surface area contributed by atoms with E-state index in [2.05, 4.69) is 21.9 Å². The van der Waals surface area contributed by atoms with Crippen molar-refractivity contribution >= 4 is 18.1 Å². The van der Waals surface area contributed by atoms with Crippen molar-refractivity contribution in [1.82, 2.24) is 14.9 Å². The summed E-state index contributed by atoms with van der Waals surface area (Å²) in [5, 5.41) is 3.73. The summed E-state index contributed by atoms with van der Waals surface area (Å²) in [5.41, 5.74) is -2.09. The number of halogens is 6. The number of hydrogen-bond donors (Lipinski definition) is 1. The van der Waals surface area contributed by atoms with E-state index in [-0.39, 0.29) is 36.5 Å². The van der Waals surface area contributed by atoms with E-state index in [1.54, 1.807) is 13.0 Å². The Morgan fingerprint density at radius 2 is 1.78 bits per heavy atom. The van der Waals surface area contributed by atoms with Gasteiger partial charge in [-0.2, -0.15) is 26.3 Å². The first-order valence-electron chi connectivity index (χ1n) is 9.86. The first-order chi connectivity index (χ1) is 14.8. The smallest absolute Gasteiger partial charge is 0.365 e. The van der Waals surface area contributed by atoms with Crippen molar-refractivity contribution < 1.29 is 26.3 Å². The van der Waals surface area contributed by atoms with E-state index >= 15 is 0 Å². The van der Waals surface area contributed by atoms with Crippen LogP contribution in [0.5, 0.6) is 0 Å². The summed E-state index contributed by atoms with van der Waals surface area (Å²) in [5.74, 6) is 0.617. The van der Waals surface area contributed by atoms with Crippen LogP contribution in [0.25, 0.3) is 12.3 Å². The third-order valence-electron chi connectivity index (χ3n) is 5.87. The van der Waals surface area contributed by atoms with Crippen LogP contribution in [0.15, 0.2) is 30.5 Å². The van der Waals surface area contributed by atoms with Crippen LogP contribution >= 0.6 is 0 Å². The molecule has 1 fully saturated rings. The number of rotatable bonds is 4.